The molecule has 1 atom stereocenters. The van der Waals surface area contributed by atoms with Gasteiger partial charge in [0.25, 0.3) is 0 Å². The van der Waals surface area contributed by atoms with E-state index in [2.05, 4.69) is 0 Å². The summed E-state index contributed by atoms with van der Waals surface area (Å²) >= 11 is 5.84. The van der Waals surface area contributed by atoms with Gasteiger partial charge in [0.05, 0.1) is 12.1 Å². The molecule has 72 valence electrons. The smallest absolute Gasteiger partial charge is 0.0650 e. The Bertz CT molecular complexity index is 310. The molecule has 3 N–H and O–H groups in total. The lowest BCUT2D eigenvalue weighted by Gasteiger charge is -2.24. The molecule has 0 aliphatic rings. The maximum Gasteiger partial charge on any atom is 0.0650 e. The van der Waals surface area contributed by atoms with Gasteiger partial charge in [-0.1, -0.05) is 17.7 Å². The van der Waals surface area contributed by atoms with Crippen LogP contribution in [0.15, 0.2) is 18.2 Å². The van der Waals surface area contributed by atoms with Crippen molar-refractivity contribution in [1.29, 1.82) is 0 Å². The number of halogens is 1. The first-order valence-electron chi connectivity index (χ1n) is 4.14. The minimum absolute atomic E-state index is 0.0891. The summed E-state index contributed by atoms with van der Waals surface area (Å²) in [7, 11) is 0. The van der Waals surface area contributed by atoms with E-state index in [0.717, 1.165) is 11.1 Å². The number of nitrogens with two attached hydrogens (primary N) is 1. The van der Waals surface area contributed by atoms with E-state index in [-0.39, 0.29) is 6.61 Å². The summed E-state index contributed by atoms with van der Waals surface area (Å²) in [6, 6.07) is 5.51. The highest BCUT2D eigenvalue weighted by molar-refractivity contribution is 6.30. The van der Waals surface area contributed by atoms with Crippen molar-refractivity contribution >= 4 is 11.6 Å². The first-order valence-corrected chi connectivity index (χ1v) is 4.51. The molecule has 2 nitrogen and oxygen atoms in total. The molecule has 0 bridgehead atoms. The fourth-order valence-corrected chi connectivity index (χ4v) is 1.47. The molecule has 1 aromatic rings. The molecule has 3 heteroatoms. The number of aliphatic hydroxyl groups is 1. The maximum absolute atomic E-state index is 9.09. The highest BCUT2D eigenvalue weighted by Crippen LogP contribution is 2.24. The van der Waals surface area contributed by atoms with Crippen molar-refractivity contribution in [3.05, 3.63) is 34.3 Å². The first-order chi connectivity index (χ1) is 5.97. The van der Waals surface area contributed by atoms with Crippen molar-refractivity contribution in [3.8, 4) is 0 Å². The zero-order valence-corrected chi connectivity index (χ0v) is 8.60. The van der Waals surface area contributed by atoms with Crippen molar-refractivity contribution in [3.63, 3.8) is 0 Å². The van der Waals surface area contributed by atoms with E-state index in [1.807, 2.05) is 19.1 Å². The van der Waals surface area contributed by atoms with Crippen LogP contribution in [0, 0.1) is 6.92 Å². The number of rotatable bonds is 2. The Hall–Kier alpha value is -0.570. The Balaban J connectivity index is 3.20. The Morgan fingerprint density at radius 2 is 2.15 bits per heavy atom. The van der Waals surface area contributed by atoms with Crippen molar-refractivity contribution in [2.45, 2.75) is 19.4 Å². The first kappa shape index (κ1) is 10.5. The van der Waals surface area contributed by atoms with E-state index in [1.165, 1.54) is 0 Å². The lowest BCUT2D eigenvalue weighted by atomic mass is 9.90. The SMILES string of the molecule is Cc1ccc(Cl)cc1[C@](C)(N)CO. The summed E-state index contributed by atoms with van der Waals surface area (Å²) in [5.41, 5.74) is 7.12. The minimum Gasteiger partial charge on any atom is -0.394 e. The van der Waals surface area contributed by atoms with Crippen LogP contribution in [0.3, 0.4) is 0 Å². The molecule has 0 fully saturated rings. The van der Waals surface area contributed by atoms with Crippen molar-refractivity contribution in [1.82, 2.24) is 0 Å². The summed E-state index contributed by atoms with van der Waals surface area (Å²) in [5, 5.41) is 9.74. The van der Waals surface area contributed by atoms with E-state index in [4.69, 9.17) is 22.4 Å². The van der Waals surface area contributed by atoms with Crippen LogP contribution >= 0.6 is 11.6 Å². The third-order valence-corrected chi connectivity index (χ3v) is 2.38. The molecule has 0 saturated heterocycles. The molecule has 1 rings (SSSR count). The van der Waals surface area contributed by atoms with Gasteiger partial charge in [0, 0.05) is 5.02 Å². The number of benzene rings is 1. The van der Waals surface area contributed by atoms with Crippen LogP contribution in [-0.2, 0) is 5.54 Å². The molecule has 0 unspecified atom stereocenters. The van der Waals surface area contributed by atoms with E-state index in [9.17, 15) is 0 Å². The largest absolute Gasteiger partial charge is 0.394 e. The molecule has 0 aliphatic heterocycles. The van der Waals surface area contributed by atoms with E-state index < -0.39 is 5.54 Å². The minimum atomic E-state index is -0.713. The van der Waals surface area contributed by atoms with Crippen molar-refractivity contribution in [2.24, 2.45) is 5.73 Å². The van der Waals surface area contributed by atoms with E-state index in [1.54, 1.807) is 13.0 Å². The molecular weight excluding hydrogens is 186 g/mol. The van der Waals surface area contributed by atoms with Gasteiger partial charge in [-0.3, -0.25) is 0 Å². The lowest BCUT2D eigenvalue weighted by Crippen LogP contribution is -2.37. The molecule has 0 heterocycles. The molecular formula is C10H14ClNO. The van der Waals surface area contributed by atoms with E-state index >= 15 is 0 Å². The topological polar surface area (TPSA) is 46.2 Å². The fourth-order valence-electron chi connectivity index (χ4n) is 1.29. The third-order valence-electron chi connectivity index (χ3n) is 2.14. The number of hydrogen-bond acceptors (Lipinski definition) is 2. The standard InChI is InChI=1S/C10H14ClNO/c1-7-3-4-8(11)5-9(7)10(2,12)6-13/h3-5,13H,6,12H2,1-2H3/t10-/m1/s1. The lowest BCUT2D eigenvalue weighted by molar-refractivity contribution is 0.209. The van der Waals surface area contributed by atoms with Gasteiger partial charge in [-0.2, -0.15) is 0 Å². The summed E-state index contributed by atoms with van der Waals surface area (Å²) in [6.07, 6.45) is 0. The van der Waals surface area contributed by atoms with Gasteiger partial charge in [0.15, 0.2) is 0 Å². The van der Waals surface area contributed by atoms with Gasteiger partial charge in [0.2, 0.25) is 0 Å². The highest BCUT2D eigenvalue weighted by Gasteiger charge is 2.21. The van der Waals surface area contributed by atoms with Gasteiger partial charge in [-0.15, -0.1) is 0 Å². The average Bonchev–Trinajstić information content (AvgIpc) is 2.09. The number of aliphatic hydroxyl groups excluding tert-OH is 1. The molecule has 0 aliphatic carbocycles. The molecule has 0 spiro atoms. The second-order valence-electron chi connectivity index (χ2n) is 3.53. The summed E-state index contributed by atoms with van der Waals surface area (Å²) in [4.78, 5) is 0. The van der Waals surface area contributed by atoms with Crippen LogP contribution in [0.5, 0.6) is 0 Å². The van der Waals surface area contributed by atoms with Crippen LogP contribution in [-0.4, -0.2) is 11.7 Å². The van der Waals surface area contributed by atoms with Crippen LogP contribution in [0.25, 0.3) is 0 Å². The van der Waals surface area contributed by atoms with Crippen LogP contribution in [0.1, 0.15) is 18.1 Å². The van der Waals surface area contributed by atoms with Gasteiger partial charge in [-0.25, -0.2) is 0 Å². The second-order valence-corrected chi connectivity index (χ2v) is 3.97. The zero-order chi connectivity index (χ0) is 10.1. The molecule has 0 amide bonds. The third kappa shape index (κ3) is 2.21. The Morgan fingerprint density at radius 1 is 1.54 bits per heavy atom. The second kappa shape index (κ2) is 3.66. The van der Waals surface area contributed by atoms with Crippen LogP contribution < -0.4 is 5.73 Å². The summed E-state index contributed by atoms with van der Waals surface area (Å²) in [5.74, 6) is 0. The Morgan fingerprint density at radius 3 is 2.69 bits per heavy atom. The number of hydrogen-bond donors (Lipinski definition) is 2. The van der Waals surface area contributed by atoms with Gasteiger partial charge >= 0.3 is 0 Å². The highest BCUT2D eigenvalue weighted by atomic mass is 35.5. The van der Waals surface area contributed by atoms with Crippen LogP contribution in [0.2, 0.25) is 5.02 Å². The summed E-state index contributed by atoms with van der Waals surface area (Å²) < 4.78 is 0. The van der Waals surface area contributed by atoms with Gasteiger partial charge in [-0.05, 0) is 37.1 Å². The Labute approximate surface area is 83.3 Å². The maximum atomic E-state index is 9.09. The molecule has 0 saturated carbocycles. The average molecular weight is 200 g/mol. The Kier molecular flexibility index (Phi) is 2.96. The van der Waals surface area contributed by atoms with Gasteiger partial charge < -0.3 is 10.8 Å². The van der Waals surface area contributed by atoms with E-state index in [0.29, 0.717) is 5.02 Å². The molecule has 1 aromatic carbocycles. The monoisotopic (exact) mass is 199 g/mol. The molecule has 0 radical (unpaired) electrons. The predicted octanol–water partition coefficient (Wildman–Crippen LogP) is 1.81. The van der Waals surface area contributed by atoms with Crippen molar-refractivity contribution < 1.29 is 5.11 Å². The fraction of sp³-hybridized carbons (Fsp3) is 0.400. The number of aryl methyl sites for hydroxylation is 1. The van der Waals surface area contributed by atoms with Gasteiger partial charge in [0.1, 0.15) is 0 Å². The van der Waals surface area contributed by atoms with Crippen molar-refractivity contribution in [2.75, 3.05) is 6.61 Å². The quantitative estimate of drug-likeness (QED) is 0.763. The van der Waals surface area contributed by atoms with Crippen LogP contribution in [0.4, 0.5) is 0 Å². The zero-order valence-electron chi connectivity index (χ0n) is 7.84. The predicted molar refractivity (Wildman–Crippen MR) is 54.8 cm³/mol. The molecule has 0 aromatic heterocycles. The summed E-state index contributed by atoms with van der Waals surface area (Å²) in [6.45, 7) is 3.65. The normalized spacial score (nSPS) is 15.5. The molecule has 13 heavy (non-hydrogen) atoms.